The van der Waals surface area contributed by atoms with E-state index >= 15 is 0 Å². The molecule has 0 amide bonds. The molecule has 1 unspecified atom stereocenters. The van der Waals surface area contributed by atoms with Gasteiger partial charge in [0, 0.05) is 0 Å². The fourth-order valence-corrected chi connectivity index (χ4v) is 5.40. The van der Waals surface area contributed by atoms with E-state index in [1.165, 1.54) is 0 Å². The van der Waals surface area contributed by atoms with Gasteiger partial charge in [0.1, 0.15) is 24.4 Å². The van der Waals surface area contributed by atoms with Gasteiger partial charge in [-0.3, -0.25) is 9.09 Å². The largest absolute Gasteiger partial charge is 0.756 e. The highest BCUT2D eigenvalue weighted by Gasteiger charge is 2.50. The first kappa shape index (κ1) is 32.2. The van der Waals surface area contributed by atoms with Gasteiger partial charge in [0.2, 0.25) is 0 Å². The van der Waals surface area contributed by atoms with Crippen LogP contribution in [0.4, 0.5) is 0 Å². The van der Waals surface area contributed by atoms with Crippen LogP contribution in [0.25, 0.3) is 0 Å². The zero-order chi connectivity index (χ0) is 30.6. The van der Waals surface area contributed by atoms with E-state index in [9.17, 15) is 14.4 Å². The van der Waals surface area contributed by atoms with E-state index in [2.05, 4.69) is 0 Å². The average Bonchev–Trinajstić information content (AvgIpc) is 3.04. The molecule has 5 rings (SSSR count). The maximum atomic E-state index is 12.0. The fourth-order valence-electron chi connectivity index (χ4n) is 4.96. The van der Waals surface area contributed by atoms with Crippen molar-refractivity contribution in [2.75, 3.05) is 6.61 Å². The molecule has 0 aliphatic carbocycles. The van der Waals surface area contributed by atoms with Crippen LogP contribution in [0.2, 0.25) is 0 Å². The summed E-state index contributed by atoms with van der Waals surface area (Å²) in [6.45, 7) is 0.836. The van der Waals surface area contributed by atoms with Crippen molar-refractivity contribution in [2.24, 2.45) is 0 Å². The third-order valence-electron chi connectivity index (χ3n) is 7.08. The molecule has 0 bridgehead atoms. The number of phosphoric ester groups is 1. The molecule has 6 atom stereocenters. The van der Waals surface area contributed by atoms with Crippen molar-refractivity contribution in [3.8, 4) is 0 Å². The summed E-state index contributed by atoms with van der Waals surface area (Å²) in [4.78, 5) is 21.8. The summed E-state index contributed by atoms with van der Waals surface area (Å²) in [5.74, 6) is 0. The third kappa shape index (κ3) is 9.90. The molecule has 0 aromatic heterocycles. The minimum absolute atomic E-state index is 0.0272. The van der Waals surface area contributed by atoms with E-state index in [0.29, 0.717) is 6.61 Å². The second kappa shape index (κ2) is 16.2. The summed E-state index contributed by atoms with van der Waals surface area (Å²) >= 11 is 0. The minimum Gasteiger partial charge on any atom is -0.756 e. The number of benzene rings is 4. The summed E-state index contributed by atoms with van der Waals surface area (Å²) in [7, 11) is -5.25. The van der Waals surface area contributed by atoms with Crippen molar-refractivity contribution >= 4 is 7.82 Å². The van der Waals surface area contributed by atoms with Gasteiger partial charge in [-0.05, 0) is 22.3 Å². The molecule has 1 saturated heterocycles. The first-order valence-electron chi connectivity index (χ1n) is 14.4. The molecule has 4 aromatic rings. The smallest absolute Gasteiger partial charge is 0.267 e. The SMILES string of the molecule is O=P([O-])(O)O[C@H]1O[C@H](COCc2ccccc2)[C@@H](OCc2ccccc2)[C@H](OCc2ccccc2)[C@H]1OCc1ccccc1. The van der Waals surface area contributed by atoms with Crippen LogP contribution in [0, 0.1) is 0 Å². The van der Waals surface area contributed by atoms with Gasteiger partial charge < -0.3 is 33.5 Å². The Bertz CT molecular complexity index is 1420. The Hall–Kier alpha value is -3.21. The van der Waals surface area contributed by atoms with Crippen LogP contribution in [0.3, 0.4) is 0 Å². The molecule has 232 valence electrons. The number of rotatable bonds is 15. The maximum Gasteiger partial charge on any atom is 0.267 e. The van der Waals surface area contributed by atoms with E-state index < -0.39 is 38.5 Å². The van der Waals surface area contributed by atoms with E-state index in [-0.39, 0.29) is 26.4 Å². The molecule has 1 N–H and O–H groups in total. The highest BCUT2D eigenvalue weighted by Crippen LogP contribution is 2.39. The zero-order valence-corrected chi connectivity index (χ0v) is 25.0. The van der Waals surface area contributed by atoms with Gasteiger partial charge in [-0.15, -0.1) is 0 Å². The quantitative estimate of drug-likeness (QED) is 0.180. The second-order valence-electron chi connectivity index (χ2n) is 10.4. The molecule has 10 heteroatoms. The van der Waals surface area contributed by atoms with Crippen molar-refractivity contribution in [3.05, 3.63) is 144 Å². The Kier molecular flexibility index (Phi) is 11.9. The molecular formula is C34H36O9P-. The first-order valence-corrected chi connectivity index (χ1v) is 15.9. The predicted octanol–water partition coefficient (Wildman–Crippen LogP) is 5.16. The molecule has 0 radical (unpaired) electrons. The van der Waals surface area contributed by atoms with E-state index in [1.807, 2.05) is 121 Å². The number of phosphoric acid groups is 1. The molecule has 44 heavy (non-hydrogen) atoms. The zero-order valence-electron chi connectivity index (χ0n) is 24.1. The number of hydrogen-bond acceptors (Lipinski definition) is 8. The van der Waals surface area contributed by atoms with Gasteiger partial charge >= 0.3 is 0 Å². The monoisotopic (exact) mass is 619 g/mol. The van der Waals surface area contributed by atoms with Crippen molar-refractivity contribution in [2.45, 2.75) is 57.1 Å². The number of ether oxygens (including phenoxy) is 5. The van der Waals surface area contributed by atoms with Crippen LogP contribution in [0.1, 0.15) is 22.3 Å². The molecule has 1 aliphatic heterocycles. The standard InChI is InChI=1S/C34H37O9P/c35-44(36,37)43-34-33(41-24-29-19-11-4-12-20-29)32(40-23-28-17-9-3-10-18-28)31(39-22-27-15-7-2-8-16-27)30(42-34)25-38-21-26-13-5-1-6-14-26/h1-20,30-34H,21-25H2,(H2,35,36,37)/p-1/t30-,31-,32+,33-,34-/m1/s1. The Morgan fingerprint density at radius 1 is 0.591 bits per heavy atom. The fraction of sp³-hybridized carbons (Fsp3) is 0.294. The lowest BCUT2D eigenvalue weighted by Gasteiger charge is -2.46. The van der Waals surface area contributed by atoms with E-state index in [4.69, 9.17) is 28.2 Å². The Morgan fingerprint density at radius 2 is 0.977 bits per heavy atom. The maximum absolute atomic E-state index is 12.0. The van der Waals surface area contributed by atoms with Gasteiger partial charge in [-0.2, -0.15) is 0 Å². The van der Waals surface area contributed by atoms with Crippen LogP contribution in [-0.4, -0.2) is 42.2 Å². The van der Waals surface area contributed by atoms with Gasteiger partial charge in [0.05, 0.1) is 33.0 Å². The third-order valence-corrected chi connectivity index (χ3v) is 7.55. The molecule has 9 nitrogen and oxygen atoms in total. The van der Waals surface area contributed by atoms with Crippen LogP contribution in [0.15, 0.2) is 121 Å². The molecule has 0 spiro atoms. The average molecular weight is 620 g/mol. The van der Waals surface area contributed by atoms with Crippen LogP contribution in [-0.2, 0) is 59.2 Å². The molecule has 1 heterocycles. The van der Waals surface area contributed by atoms with Gasteiger partial charge in [-0.25, -0.2) is 0 Å². The molecular weight excluding hydrogens is 583 g/mol. The molecule has 4 aromatic carbocycles. The lowest BCUT2D eigenvalue weighted by atomic mass is 9.98. The summed E-state index contributed by atoms with van der Waals surface area (Å²) in [6, 6.07) is 38.2. The highest BCUT2D eigenvalue weighted by atomic mass is 31.2. The van der Waals surface area contributed by atoms with Crippen molar-refractivity contribution in [3.63, 3.8) is 0 Å². The summed E-state index contributed by atoms with van der Waals surface area (Å²) in [5.41, 5.74) is 3.63. The van der Waals surface area contributed by atoms with Gasteiger partial charge in [0.25, 0.3) is 7.82 Å². The summed E-state index contributed by atoms with van der Waals surface area (Å²) in [6.07, 6.45) is -5.11. The van der Waals surface area contributed by atoms with Crippen molar-refractivity contribution < 1.29 is 42.6 Å². The molecule has 0 saturated carbocycles. The highest BCUT2D eigenvalue weighted by molar-refractivity contribution is 7.44. The minimum atomic E-state index is -5.25. The van der Waals surface area contributed by atoms with Crippen LogP contribution in [0.5, 0.6) is 0 Å². The number of hydrogen-bond donors (Lipinski definition) is 1. The predicted molar refractivity (Wildman–Crippen MR) is 161 cm³/mol. The Morgan fingerprint density at radius 3 is 1.41 bits per heavy atom. The van der Waals surface area contributed by atoms with E-state index in [0.717, 1.165) is 22.3 Å². The normalized spacial score (nSPS) is 23.2. The van der Waals surface area contributed by atoms with Crippen molar-refractivity contribution in [1.29, 1.82) is 0 Å². The molecule has 1 aliphatic rings. The lowest BCUT2D eigenvalue weighted by molar-refractivity contribution is -0.326. The Balaban J connectivity index is 1.44. The summed E-state index contributed by atoms with van der Waals surface area (Å²) < 4.78 is 48.5. The molecule has 1 fully saturated rings. The van der Waals surface area contributed by atoms with Crippen LogP contribution >= 0.6 is 7.82 Å². The van der Waals surface area contributed by atoms with Gasteiger partial charge in [0.15, 0.2) is 6.29 Å². The lowest BCUT2D eigenvalue weighted by Crippen LogP contribution is -2.61. The Labute approximate surface area is 257 Å². The van der Waals surface area contributed by atoms with Crippen molar-refractivity contribution in [1.82, 2.24) is 0 Å². The summed E-state index contributed by atoms with van der Waals surface area (Å²) in [5, 5.41) is 0. The van der Waals surface area contributed by atoms with Crippen LogP contribution < -0.4 is 4.89 Å². The first-order chi connectivity index (χ1) is 21.4. The second-order valence-corrected chi connectivity index (χ2v) is 11.5. The van der Waals surface area contributed by atoms with Gasteiger partial charge in [-0.1, -0.05) is 121 Å². The topological polar surface area (TPSA) is 116 Å². The van der Waals surface area contributed by atoms with E-state index in [1.54, 1.807) is 0 Å².